The van der Waals surface area contributed by atoms with Crippen LogP contribution in [0.5, 0.6) is 0 Å². The molecule has 0 aromatic carbocycles. The molecule has 0 bridgehead atoms. The lowest BCUT2D eigenvalue weighted by Gasteiger charge is -2.36. The number of nitrogens with zero attached hydrogens (tertiary/aromatic N) is 4. The average Bonchev–Trinajstić information content (AvgIpc) is 2.89. The van der Waals surface area contributed by atoms with Gasteiger partial charge in [-0.15, -0.1) is 5.10 Å². The summed E-state index contributed by atoms with van der Waals surface area (Å²) in [5, 5.41) is 8.02. The van der Waals surface area contributed by atoms with Gasteiger partial charge in [0.15, 0.2) is 0 Å². The second-order valence-corrected chi connectivity index (χ2v) is 4.83. The number of aromatic nitrogens is 3. The van der Waals surface area contributed by atoms with Crippen molar-refractivity contribution in [3.05, 3.63) is 11.9 Å². The monoisotopic (exact) mass is 268 g/mol. The van der Waals surface area contributed by atoms with Crippen LogP contribution in [0.1, 0.15) is 32.0 Å². The molecule has 1 aliphatic rings. The maximum Gasteiger partial charge on any atom is 0.0925 e. The third-order valence-corrected chi connectivity index (χ3v) is 3.53. The van der Waals surface area contributed by atoms with Gasteiger partial charge in [-0.05, 0) is 19.9 Å². The Morgan fingerprint density at radius 1 is 1.58 bits per heavy atom. The normalized spacial score (nSPS) is 22.6. The van der Waals surface area contributed by atoms with Gasteiger partial charge >= 0.3 is 0 Å². The molecular formula is C12H24N6O. The molecule has 1 aliphatic heterocycles. The minimum absolute atomic E-state index is 0.0362. The molecule has 19 heavy (non-hydrogen) atoms. The largest absolute Gasteiger partial charge is 0.373 e. The molecule has 2 atom stereocenters. The number of nitrogens with one attached hydrogen (secondary N) is 1. The summed E-state index contributed by atoms with van der Waals surface area (Å²) in [6, 6.07) is -0.0744. The summed E-state index contributed by atoms with van der Waals surface area (Å²) in [4.78, 5) is 2.42. The lowest BCUT2D eigenvalue weighted by Crippen LogP contribution is -2.50. The first-order valence-corrected chi connectivity index (χ1v) is 6.98. The minimum Gasteiger partial charge on any atom is -0.373 e. The van der Waals surface area contributed by atoms with Gasteiger partial charge in [-0.2, -0.15) is 0 Å². The van der Waals surface area contributed by atoms with Crippen molar-refractivity contribution in [2.45, 2.75) is 39.0 Å². The van der Waals surface area contributed by atoms with Crippen molar-refractivity contribution in [2.24, 2.45) is 5.84 Å². The summed E-state index contributed by atoms with van der Waals surface area (Å²) in [5.74, 6) is 5.72. The molecule has 2 unspecified atom stereocenters. The van der Waals surface area contributed by atoms with Crippen molar-refractivity contribution in [1.82, 2.24) is 25.3 Å². The highest BCUT2D eigenvalue weighted by atomic mass is 16.5. The Balaban J connectivity index is 2.08. The number of ether oxygens (including phenoxy) is 1. The first-order valence-electron chi connectivity index (χ1n) is 6.98. The van der Waals surface area contributed by atoms with Crippen molar-refractivity contribution in [2.75, 3.05) is 26.2 Å². The predicted molar refractivity (Wildman–Crippen MR) is 72.2 cm³/mol. The van der Waals surface area contributed by atoms with Gasteiger partial charge in [0.05, 0.1) is 30.6 Å². The number of nitrogens with two attached hydrogens (primary N) is 1. The Bertz CT molecular complexity index is 380. The third-order valence-electron chi connectivity index (χ3n) is 3.53. The van der Waals surface area contributed by atoms with E-state index >= 15 is 0 Å². The van der Waals surface area contributed by atoms with Gasteiger partial charge in [0, 0.05) is 19.6 Å². The molecule has 2 heterocycles. The van der Waals surface area contributed by atoms with Crippen LogP contribution in [0.3, 0.4) is 0 Å². The first-order chi connectivity index (χ1) is 9.30. The summed E-state index contributed by atoms with van der Waals surface area (Å²) in [5.41, 5.74) is 3.84. The van der Waals surface area contributed by atoms with Crippen LogP contribution in [0.25, 0.3) is 0 Å². The topological polar surface area (TPSA) is 81.2 Å². The molecule has 7 heteroatoms. The van der Waals surface area contributed by atoms with E-state index in [0.29, 0.717) is 0 Å². The summed E-state index contributed by atoms with van der Waals surface area (Å²) in [6.45, 7) is 8.73. The van der Waals surface area contributed by atoms with E-state index in [1.807, 2.05) is 11.6 Å². The third kappa shape index (κ3) is 3.30. The standard InChI is InChI=1S/C12H24N6O/c1-3-5-17-6-7-19-11(9-17)12(15-13)10-8-14-16-18(10)4-2/h8,11-12,15H,3-7,9,13H2,1-2H3. The van der Waals surface area contributed by atoms with Crippen molar-refractivity contribution in [3.8, 4) is 0 Å². The second kappa shape index (κ2) is 6.95. The Kier molecular flexibility index (Phi) is 5.26. The van der Waals surface area contributed by atoms with E-state index in [4.69, 9.17) is 10.6 Å². The molecule has 2 rings (SSSR count). The zero-order chi connectivity index (χ0) is 13.7. The highest BCUT2D eigenvalue weighted by Gasteiger charge is 2.30. The number of rotatable bonds is 6. The van der Waals surface area contributed by atoms with Crippen molar-refractivity contribution >= 4 is 0 Å². The molecule has 0 radical (unpaired) electrons. The van der Waals surface area contributed by atoms with Gasteiger partial charge in [-0.25, -0.2) is 10.1 Å². The van der Waals surface area contributed by atoms with E-state index in [9.17, 15) is 0 Å². The van der Waals surface area contributed by atoms with Crippen molar-refractivity contribution < 1.29 is 4.74 Å². The highest BCUT2D eigenvalue weighted by Crippen LogP contribution is 2.21. The average molecular weight is 268 g/mol. The smallest absolute Gasteiger partial charge is 0.0925 e. The molecule has 108 valence electrons. The van der Waals surface area contributed by atoms with Gasteiger partial charge in [0.1, 0.15) is 0 Å². The minimum atomic E-state index is -0.0744. The Morgan fingerprint density at radius 3 is 3.11 bits per heavy atom. The van der Waals surface area contributed by atoms with Crippen LogP contribution < -0.4 is 11.3 Å². The lowest BCUT2D eigenvalue weighted by molar-refractivity contribution is -0.0484. The summed E-state index contributed by atoms with van der Waals surface area (Å²) >= 11 is 0. The van der Waals surface area contributed by atoms with Crippen LogP contribution in [-0.4, -0.2) is 52.2 Å². The molecule has 1 aromatic rings. The van der Waals surface area contributed by atoms with E-state index in [1.165, 1.54) is 0 Å². The predicted octanol–water partition coefficient (Wildman–Crippen LogP) is -0.0868. The fourth-order valence-corrected chi connectivity index (χ4v) is 2.59. The van der Waals surface area contributed by atoms with Crippen LogP contribution >= 0.6 is 0 Å². The Morgan fingerprint density at radius 2 is 2.42 bits per heavy atom. The van der Waals surface area contributed by atoms with E-state index in [2.05, 4.69) is 27.6 Å². The highest BCUT2D eigenvalue weighted by molar-refractivity contribution is 5.05. The van der Waals surface area contributed by atoms with Crippen LogP contribution in [0.2, 0.25) is 0 Å². The fraction of sp³-hybridized carbons (Fsp3) is 0.833. The maximum absolute atomic E-state index is 5.88. The number of hydrazine groups is 1. The molecule has 1 saturated heterocycles. The molecule has 3 N–H and O–H groups in total. The number of hydrogen-bond acceptors (Lipinski definition) is 6. The molecule has 0 amide bonds. The molecule has 7 nitrogen and oxygen atoms in total. The van der Waals surface area contributed by atoms with Gasteiger partial charge in [0.25, 0.3) is 0 Å². The molecule has 0 saturated carbocycles. The summed E-state index contributed by atoms with van der Waals surface area (Å²) < 4.78 is 7.73. The van der Waals surface area contributed by atoms with Crippen LogP contribution in [0.4, 0.5) is 0 Å². The maximum atomic E-state index is 5.88. The summed E-state index contributed by atoms with van der Waals surface area (Å²) in [7, 11) is 0. The quantitative estimate of drug-likeness (QED) is 0.554. The molecule has 0 aliphatic carbocycles. The number of hydrogen-bond donors (Lipinski definition) is 2. The Labute approximate surface area is 114 Å². The number of aryl methyl sites for hydroxylation is 1. The van der Waals surface area contributed by atoms with Gasteiger partial charge in [-0.3, -0.25) is 10.7 Å². The van der Waals surface area contributed by atoms with Gasteiger partial charge < -0.3 is 4.74 Å². The fourth-order valence-electron chi connectivity index (χ4n) is 2.59. The number of morpholine rings is 1. The first kappa shape index (κ1) is 14.4. The zero-order valence-electron chi connectivity index (χ0n) is 11.7. The zero-order valence-corrected chi connectivity index (χ0v) is 11.7. The van der Waals surface area contributed by atoms with E-state index in [1.54, 1.807) is 6.20 Å². The molecular weight excluding hydrogens is 244 g/mol. The van der Waals surface area contributed by atoms with E-state index in [0.717, 1.165) is 44.9 Å². The lowest BCUT2D eigenvalue weighted by atomic mass is 10.1. The van der Waals surface area contributed by atoms with E-state index < -0.39 is 0 Å². The van der Waals surface area contributed by atoms with Crippen LogP contribution in [-0.2, 0) is 11.3 Å². The molecule has 1 aromatic heterocycles. The van der Waals surface area contributed by atoms with Crippen LogP contribution in [0.15, 0.2) is 6.20 Å². The second-order valence-electron chi connectivity index (χ2n) is 4.83. The van der Waals surface area contributed by atoms with E-state index in [-0.39, 0.29) is 12.1 Å². The SMILES string of the molecule is CCCN1CCOC(C(NN)c2cnnn2CC)C1. The van der Waals surface area contributed by atoms with Crippen molar-refractivity contribution in [3.63, 3.8) is 0 Å². The van der Waals surface area contributed by atoms with Gasteiger partial charge in [0.2, 0.25) is 0 Å². The Hall–Kier alpha value is -1.02. The summed E-state index contributed by atoms with van der Waals surface area (Å²) in [6.07, 6.45) is 2.95. The molecule has 1 fully saturated rings. The van der Waals surface area contributed by atoms with Crippen LogP contribution in [0, 0.1) is 0 Å². The van der Waals surface area contributed by atoms with Gasteiger partial charge in [-0.1, -0.05) is 12.1 Å². The molecule has 0 spiro atoms. The van der Waals surface area contributed by atoms with Crippen molar-refractivity contribution in [1.29, 1.82) is 0 Å².